The number of halogens is 1. The molecule has 6 heteroatoms. The Balaban J connectivity index is 2.19. The van der Waals surface area contributed by atoms with Crippen LogP contribution in [0.1, 0.15) is 24.9 Å². The number of benzene rings is 2. The summed E-state index contributed by atoms with van der Waals surface area (Å²) >= 11 is 5.57. The largest absolute Gasteiger partial charge is 0.466 e. The number of carbonyl (C=O) groups excluding carboxylic acids is 1. The smallest absolute Gasteiger partial charge is 0.337 e. The zero-order valence-electron chi connectivity index (χ0n) is 14.5. The fourth-order valence-electron chi connectivity index (χ4n) is 3.15. The average molecular weight is 370 g/mol. The van der Waals surface area contributed by atoms with E-state index in [9.17, 15) is 9.18 Å². The van der Waals surface area contributed by atoms with Gasteiger partial charge in [0, 0.05) is 11.4 Å². The van der Waals surface area contributed by atoms with Gasteiger partial charge in [-0.2, -0.15) is 0 Å². The first-order valence-electron chi connectivity index (χ1n) is 8.29. The van der Waals surface area contributed by atoms with Crippen LogP contribution in [0, 0.1) is 5.82 Å². The number of allylic oxidation sites excluding steroid dienone is 1. The fraction of sp³-hybridized carbons (Fsp3) is 0.200. The maximum atomic E-state index is 13.7. The van der Waals surface area contributed by atoms with Crippen molar-refractivity contribution in [3.63, 3.8) is 0 Å². The van der Waals surface area contributed by atoms with E-state index < -0.39 is 12.0 Å². The summed E-state index contributed by atoms with van der Waals surface area (Å²) in [5.74, 6) is -0.838. The molecule has 4 nitrogen and oxygen atoms in total. The Labute approximate surface area is 157 Å². The Hall–Kier alpha value is -2.73. The van der Waals surface area contributed by atoms with Crippen LogP contribution in [0.3, 0.4) is 0 Å². The standard InChI is InChI=1S/C20H19FN2O2S/c1-3-16-17(19(24)25-2)18(13-8-7-9-14(21)12-13)22-20(26)23(16)15-10-5-4-6-11-15/h4-12,18H,3H2,1-2H3,(H,22,26)/t18-/m1/s1. The first-order chi connectivity index (χ1) is 12.6. The van der Waals surface area contributed by atoms with Gasteiger partial charge < -0.3 is 10.1 Å². The summed E-state index contributed by atoms with van der Waals surface area (Å²) in [5, 5.41) is 3.62. The van der Waals surface area contributed by atoms with Crippen LogP contribution < -0.4 is 10.2 Å². The number of hydrogen-bond donors (Lipinski definition) is 1. The molecule has 0 aliphatic carbocycles. The van der Waals surface area contributed by atoms with Crippen LogP contribution in [0.15, 0.2) is 65.9 Å². The van der Waals surface area contributed by atoms with Crippen LogP contribution >= 0.6 is 12.2 Å². The lowest BCUT2D eigenvalue weighted by molar-refractivity contribution is -0.136. The number of nitrogens with zero attached hydrogens (tertiary/aromatic N) is 1. The maximum absolute atomic E-state index is 13.7. The van der Waals surface area contributed by atoms with E-state index in [-0.39, 0.29) is 5.82 Å². The third kappa shape index (κ3) is 3.32. The summed E-state index contributed by atoms with van der Waals surface area (Å²) in [6.07, 6.45) is 0.562. The van der Waals surface area contributed by atoms with Crippen molar-refractivity contribution in [2.24, 2.45) is 0 Å². The summed E-state index contributed by atoms with van der Waals surface area (Å²) in [7, 11) is 1.34. The molecule has 2 aromatic carbocycles. The number of thiocarbonyl (C=S) groups is 1. The Morgan fingerprint density at radius 1 is 1.23 bits per heavy atom. The van der Waals surface area contributed by atoms with Gasteiger partial charge in [0.2, 0.25) is 0 Å². The normalized spacial score (nSPS) is 17.1. The van der Waals surface area contributed by atoms with Crippen molar-refractivity contribution in [3.05, 3.63) is 77.2 Å². The number of ether oxygens (including phenoxy) is 1. The summed E-state index contributed by atoms with van der Waals surface area (Å²) in [6.45, 7) is 1.95. The van der Waals surface area contributed by atoms with E-state index in [1.165, 1.54) is 19.2 Å². The number of para-hydroxylation sites is 1. The SMILES string of the molecule is CCC1=C(C(=O)OC)[C@@H](c2cccc(F)c2)NC(=S)N1c1ccccc1. The molecular formula is C20H19FN2O2S. The first kappa shape index (κ1) is 18.1. The van der Waals surface area contributed by atoms with Crippen molar-refractivity contribution in [3.8, 4) is 0 Å². The Bertz CT molecular complexity index is 867. The van der Waals surface area contributed by atoms with Gasteiger partial charge >= 0.3 is 5.97 Å². The summed E-state index contributed by atoms with van der Waals surface area (Å²) in [4.78, 5) is 14.4. The van der Waals surface area contributed by atoms with Crippen LogP contribution in [0.2, 0.25) is 0 Å². The first-order valence-corrected chi connectivity index (χ1v) is 8.70. The molecule has 0 unspecified atom stereocenters. The molecule has 0 saturated heterocycles. The highest BCUT2D eigenvalue weighted by Crippen LogP contribution is 2.35. The van der Waals surface area contributed by atoms with Gasteiger partial charge in [-0.1, -0.05) is 37.3 Å². The number of methoxy groups -OCH3 is 1. The lowest BCUT2D eigenvalue weighted by atomic mass is 9.93. The van der Waals surface area contributed by atoms with Crippen molar-refractivity contribution in [1.29, 1.82) is 0 Å². The highest BCUT2D eigenvalue weighted by molar-refractivity contribution is 7.80. The lowest BCUT2D eigenvalue weighted by Crippen LogP contribution is -2.48. The van der Waals surface area contributed by atoms with Crippen molar-refractivity contribution < 1.29 is 13.9 Å². The topological polar surface area (TPSA) is 41.6 Å². The average Bonchev–Trinajstić information content (AvgIpc) is 2.67. The van der Waals surface area contributed by atoms with E-state index in [2.05, 4.69) is 5.32 Å². The number of nitrogens with one attached hydrogen (secondary N) is 1. The number of esters is 1. The number of hydrogen-bond acceptors (Lipinski definition) is 3. The molecule has 0 radical (unpaired) electrons. The number of rotatable bonds is 4. The molecule has 3 rings (SSSR count). The van der Waals surface area contributed by atoms with Crippen LogP contribution in [0.25, 0.3) is 0 Å². The van der Waals surface area contributed by atoms with Gasteiger partial charge in [0.1, 0.15) is 5.82 Å². The summed E-state index contributed by atoms with van der Waals surface area (Å²) in [5.41, 5.74) is 2.63. The monoisotopic (exact) mass is 370 g/mol. The lowest BCUT2D eigenvalue weighted by Gasteiger charge is -2.38. The van der Waals surface area contributed by atoms with E-state index >= 15 is 0 Å². The van der Waals surface area contributed by atoms with E-state index in [1.54, 1.807) is 12.1 Å². The molecule has 1 N–H and O–H groups in total. The summed E-state index contributed by atoms with van der Waals surface area (Å²) in [6, 6.07) is 15.1. The molecule has 1 aliphatic rings. The van der Waals surface area contributed by atoms with Crippen molar-refractivity contribution in [1.82, 2.24) is 5.32 Å². The molecule has 0 fully saturated rings. The molecule has 2 aromatic rings. The molecule has 0 bridgehead atoms. The fourth-order valence-corrected chi connectivity index (χ4v) is 3.48. The van der Waals surface area contributed by atoms with Crippen molar-refractivity contribution in [2.45, 2.75) is 19.4 Å². The zero-order valence-corrected chi connectivity index (χ0v) is 15.3. The van der Waals surface area contributed by atoms with Gasteiger partial charge in [-0.25, -0.2) is 9.18 Å². The Morgan fingerprint density at radius 3 is 2.58 bits per heavy atom. The Morgan fingerprint density at radius 2 is 1.96 bits per heavy atom. The second-order valence-electron chi connectivity index (χ2n) is 5.81. The van der Waals surface area contributed by atoms with Crippen molar-refractivity contribution >= 4 is 29.0 Å². The molecule has 1 heterocycles. The number of anilines is 1. The predicted molar refractivity (Wildman–Crippen MR) is 103 cm³/mol. The van der Waals surface area contributed by atoms with Crippen LogP contribution in [0.4, 0.5) is 10.1 Å². The molecule has 0 spiro atoms. The maximum Gasteiger partial charge on any atom is 0.337 e. The van der Waals surface area contributed by atoms with E-state index in [1.807, 2.05) is 42.2 Å². The van der Waals surface area contributed by atoms with Gasteiger partial charge in [-0.15, -0.1) is 0 Å². The van der Waals surface area contributed by atoms with Gasteiger partial charge in [0.15, 0.2) is 5.11 Å². The predicted octanol–water partition coefficient (Wildman–Crippen LogP) is 4.10. The van der Waals surface area contributed by atoms with Crippen molar-refractivity contribution in [2.75, 3.05) is 12.0 Å². The Kier molecular flexibility index (Phi) is 5.32. The van der Waals surface area contributed by atoms with Crippen LogP contribution in [0.5, 0.6) is 0 Å². The third-order valence-electron chi connectivity index (χ3n) is 4.28. The van der Waals surface area contributed by atoms with E-state index in [0.717, 1.165) is 11.4 Å². The van der Waals surface area contributed by atoms with Gasteiger partial charge in [-0.3, -0.25) is 4.90 Å². The van der Waals surface area contributed by atoms with Crippen LogP contribution in [-0.2, 0) is 9.53 Å². The molecule has 134 valence electrons. The second-order valence-corrected chi connectivity index (χ2v) is 6.20. The van der Waals surface area contributed by atoms with Gasteiger partial charge in [0.05, 0.1) is 18.7 Å². The minimum atomic E-state index is -0.569. The zero-order chi connectivity index (χ0) is 18.7. The highest BCUT2D eigenvalue weighted by atomic mass is 32.1. The highest BCUT2D eigenvalue weighted by Gasteiger charge is 2.36. The molecule has 1 aliphatic heterocycles. The third-order valence-corrected chi connectivity index (χ3v) is 4.58. The second kappa shape index (κ2) is 7.66. The van der Waals surface area contributed by atoms with Gasteiger partial charge in [0.25, 0.3) is 0 Å². The van der Waals surface area contributed by atoms with E-state index in [4.69, 9.17) is 17.0 Å². The van der Waals surface area contributed by atoms with Crippen LogP contribution in [-0.4, -0.2) is 18.2 Å². The molecule has 26 heavy (non-hydrogen) atoms. The molecular weight excluding hydrogens is 351 g/mol. The minimum absolute atomic E-state index is 0.372. The molecule has 0 saturated carbocycles. The molecule has 0 aromatic heterocycles. The molecule has 1 atom stereocenters. The quantitative estimate of drug-likeness (QED) is 0.648. The van der Waals surface area contributed by atoms with Gasteiger partial charge in [-0.05, 0) is 48.5 Å². The number of carbonyl (C=O) groups is 1. The van der Waals surface area contributed by atoms with E-state index in [0.29, 0.717) is 22.7 Å². The minimum Gasteiger partial charge on any atom is -0.466 e. The molecule has 0 amide bonds. The summed E-state index contributed by atoms with van der Waals surface area (Å²) < 4.78 is 18.8.